The first-order chi connectivity index (χ1) is 10.0. The van der Waals surface area contributed by atoms with Crippen molar-refractivity contribution in [3.05, 3.63) is 57.8 Å². The predicted molar refractivity (Wildman–Crippen MR) is 81.2 cm³/mol. The Morgan fingerprint density at radius 1 is 1.29 bits per heavy atom. The van der Waals surface area contributed by atoms with E-state index in [-0.39, 0.29) is 16.6 Å². The van der Waals surface area contributed by atoms with Crippen LogP contribution in [0, 0.1) is 0 Å². The number of benzene rings is 1. The molecule has 1 aromatic heterocycles. The Morgan fingerprint density at radius 3 is 2.67 bits per heavy atom. The van der Waals surface area contributed by atoms with E-state index in [0.717, 1.165) is 0 Å². The van der Waals surface area contributed by atoms with Crippen LogP contribution in [0.1, 0.15) is 16.1 Å². The highest BCUT2D eigenvalue weighted by Gasteiger charge is 2.11. The summed E-state index contributed by atoms with van der Waals surface area (Å²) >= 11 is 11.8. The summed E-state index contributed by atoms with van der Waals surface area (Å²) in [5.41, 5.74) is 6.34. The van der Waals surface area contributed by atoms with E-state index in [4.69, 9.17) is 34.1 Å². The van der Waals surface area contributed by atoms with Gasteiger partial charge in [0.15, 0.2) is 5.84 Å². The van der Waals surface area contributed by atoms with Gasteiger partial charge in [-0.2, -0.15) is 0 Å². The monoisotopic (exact) mass is 324 g/mol. The van der Waals surface area contributed by atoms with Gasteiger partial charge in [0.25, 0.3) is 5.91 Å². The summed E-state index contributed by atoms with van der Waals surface area (Å²) in [6, 6.07) is 7.86. The molecule has 1 amide bonds. The molecular formula is C13H10Cl2N4O2. The molecule has 0 atom stereocenters. The molecule has 1 heterocycles. The molecular weight excluding hydrogens is 315 g/mol. The van der Waals surface area contributed by atoms with Gasteiger partial charge in [-0.05, 0) is 24.3 Å². The van der Waals surface area contributed by atoms with Crippen molar-refractivity contribution < 1.29 is 10.0 Å². The van der Waals surface area contributed by atoms with Crippen LogP contribution in [0.3, 0.4) is 0 Å². The van der Waals surface area contributed by atoms with Crippen LogP contribution < -0.4 is 11.1 Å². The molecule has 2 aromatic rings. The predicted octanol–water partition coefficient (Wildman–Crippen LogP) is 2.74. The summed E-state index contributed by atoms with van der Waals surface area (Å²) in [5, 5.41) is 14.6. The SMILES string of the molecule is NC(=NO)c1ccc(C(=O)Nc2cccc(Cl)c2Cl)nc1. The maximum atomic E-state index is 12.0. The third kappa shape index (κ3) is 3.42. The second kappa shape index (κ2) is 6.43. The minimum Gasteiger partial charge on any atom is -0.409 e. The van der Waals surface area contributed by atoms with E-state index in [1.54, 1.807) is 18.2 Å². The normalized spacial score (nSPS) is 11.2. The Bertz CT molecular complexity index is 702. The largest absolute Gasteiger partial charge is 0.409 e. The van der Waals surface area contributed by atoms with Gasteiger partial charge < -0.3 is 16.3 Å². The van der Waals surface area contributed by atoms with Crippen molar-refractivity contribution in [2.45, 2.75) is 0 Å². The quantitative estimate of drug-likeness (QED) is 0.349. The van der Waals surface area contributed by atoms with Crippen molar-refractivity contribution in [1.29, 1.82) is 0 Å². The number of nitrogens with two attached hydrogens (primary N) is 1. The molecule has 0 saturated heterocycles. The van der Waals surface area contributed by atoms with Crippen LogP contribution in [0.2, 0.25) is 10.0 Å². The third-order valence-electron chi connectivity index (χ3n) is 2.60. The van der Waals surface area contributed by atoms with Gasteiger partial charge in [0.2, 0.25) is 0 Å². The highest BCUT2D eigenvalue weighted by atomic mass is 35.5. The fraction of sp³-hybridized carbons (Fsp3) is 0. The maximum Gasteiger partial charge on any atom is 0.274 e. The molecule has 0 aliphatic rings. The highest BCUT2D eigenvalue weighted by molar-refractivity contribution is 6.44. The number of halogens is 2. The highest BCUT2D eigenvalue weighted by Crippen LogP contribution is 2.29. The number of anilines is 1. The second-order valence-corrected chi connectivity index (χ2v) is 4.76. The number of oxime groups is 1. The molecule has 0 fully saturated rings. The Morgan fingerprint density at radius 2 is 2.05 bits per heavy atom. The van der Waals surface area contributed by atoms with Gasteiger partial charge >= 0.3 is 0 Å². The van der Waals surface area contributed by atoms with Crippen LogP contribution in [0.5, 0.6) is 0 Å². The first kappa shape index (κ1) is 15.1. The molecule has 0 saturated carbocycles. The van der Waals surface area contributed by atoms with E-state index in [1.807, 2.05) is 0 Å². The molecule has 4 N–H and O–H groups in total. The maximum absolute atomic E-state index is 12.0. The molecule has 2 rings (SSSR count). The number of hydrogen-bond donors (Lipinski definition) is 3. The van der Waals surface area contributed by atoms with Gasteiger partial charge in [0, 0.05) is 11.8 Å². The van der Waals surface area contributed by atoms with Crippen molar-refractivity contribution in [2.75, 3.05) is 5.32 Å². The average Bonchev–Trinajstić information content (AvgIpc) is 2.51. The Labute approximate surface area is 130 Å². The lowest BCUT2D eigenvalue weighted by molar-refractivity contribution is 0.102. The lowest BCUT2D eigenvalue weighted by atomic mass is 10.2. The van der Waals surface area contributed by atoms with Gasteiger partial charge in [0.05, 0.1) is 15.7 Å². The van der Waals surface area contributed by atoms with Crippen LogP contribution in [-0.4, -0.2) is 21.9 Å². The van der Waals surface area contributed by atoms with Gasteiger partial charge in [-0.15, -0.1) is 0 Å². The number of rotatable bonds is 3. The van der Waals surface area contributed by atoms with E-state index in [1.165, 1.54) is 18.3 Å². The zero-order chi connectivity index (χ0) is 15.4. The van der Waals surface area contributed by atoms with Gasteiger partial charge in [-0.25, -0.2) is 0 Å². The van der Waals surface area contributed by atoms with Crippen molar-refractivity contribution in [1.82, 2.24) is 4.98 Å². The van der Waals surface area contributed by atoms with Crippen LogP contribution >= 0.6 is 23.2 Å². The standard InChI is InChI=1S/C13H10Cl2N4O2/c14-8-2-1-3-9(11(8)15)18-13(20)10-5-4-7(6-17-10)12(16)19-21/h1-6,21H,(H2,16,19)(H,18,20). The summed E-state index contributed by atoms with van der Waals surface area (Å²) in [6.45, 7) is 0. The van der Waals surface area contributed by atoms with E-state index in [9.17, 15) is 4.79 Å². The number of carbonyl (C=O) groups excluding carboxylic acids is 1. The first-order valence-corrected chi connectivity index (χ1v) is 6.48. The van der Waals surface area contributed by atoms with Crippen molar-refractivity contribution >= 4 is 40.6 Å². The van der Waals surface area contributed by atoms with E-state index >= 15 is 0 Å². The molecule has 1 aromatic carbocycles. The van der Waals surface area contributed by atoms with Crippen LogP contribution in [0.15, 0.2) is 41.7 Å². The number of carbonyl (C=O) groups is 1. The zero-order valence-corrected chi connectivity index (χ0v) is 12.1. The fourth-order valence-corrected chi connectivity index (χ4v) is 1.87. The summed E-state index contributed by atoms with van der Waals surface area (Å²) in [6.07, 6.45) is 1.32. The van der Waals surface area contributed by atoms with Gasteiger partial charge in [0.1, 0.15) is 5.69 Å². The van der Waals surface area contributed by atoms with Crippen LogP contribution in [0.4, 0.5) is 5.69 Å². The van der Waals surface area contributed by atoms with E-state index in [2.05, 4.69) is 15.5 Å². The summed E-state index contributed by atoms with van der Waals surface area (Å²) in [5.74, 6) is -0.544. The molecule has 8 heteroatoms. The molecule has 0 bridgehead atoms. The molecule has 0 unspecified atom stereocenters. The summed E-state index contributed by atoms with van der Waals surface area (Å²) in [4.78, 5) is 16.0. The summed E-state index contributed by atoms with van der Waals surface area (Å²) < 4.78 is 0. The number of nitrogens with zero attached hydrogens (tertiary/aromatic N) is 2. The third-order valence-corrected chi connectivity index (χ3v) is 3.42. The molecule has 0 aliphatic heterocycles. The number of amides is 1. The van der Waals surface area contributed by atoms with Crippen LogP contribution in [0.25, 0.3) is 0 Å². The number of amidine groups is 1. The Hall–Kier alpha value is -2.31. The Balaban J connectivity index is 2.19. The lowest BCUT2D eigenvalue weighted by Crippen LogP contribution is -2.16. The summed E-state index contributed by atoms with van der Waals surface area (Å²) in [7, 11) is 0. The lowest BCUT2D eigenvalue weighted by Gasteiger charge is -2.08. The molecule has 21 heavy (non-hydrogen) atoms. The van der Waals surface area contributed by atoms with E-state index in [0.29, 0.717) is 16.3 Å². The minimum atomic E-state index is -0.453. The number of hydrogen-bond acceptors (Lipinski definition) is 4. The number of pyridine rings is 1. The molecule has 0 spiro atoms. The van der Waals surface area contributed by atoms with Crippen molar-refractivity contribution in [3.8, 4) is 0 Å². The molecule has 0 radical (unpaired) electrons. The van der Waals surface area contributed by atoms with Crippen molar-refractivity contribution in [2.24, 2.45) is 10.9 Å². The second-order valence-electron chi connectivity index (χ2n) is 3.97. The Kier molecular flexibility index (Phi) is 4.62. The van der Waals surface area contributed by atoms with Gasteiger partial charge in [-0.1, -0.05) is 34.4 Å². The minimum absolute atomic E-state index is 0.0904. The topological polar surface area (TPSA) is 101 Å². The fourth-order valence-electron chi connectivity index (χ4n) is 1.52. The number of nitrogens with one attached hydrogen (secondary N) is 1. The smallest absolute Gasteiger partial charge is 0.274 e. The molecule has 6 nitrogen and oxygen atoms in total. The zero-order valence-electron chi connectivity index (χ0n) is 10.5. The first-order valence-electron chi connectivity index (χ1n) is 5.72. The molecule has 108 valence electrons. The van der Waals surface area contributed by atoms with Crippen molar-refractivity contribution in [3.63, 3.8) is 0 Å². The van der Waals surface area contributed by atoms with Crippen LogP contribution in [-0.2, 0) is 0 Å². The molecule has 0 aliphatic carbocycles. The van der Waals surface area contributed by atoms with Gasteiger partial charge in [-0.3, -0.25) is 9.78 Å². The average molecular weight is 325 g/mol. The van der Waals surface area contributed by atoms with E-state index < -0.39 is 5.91 Å². The number of aromatic nitrogens is 1.